The predicted molar refractivity (Wildman–Crippen MR) is 192 cm³/mol. The van der Waals surface area contributed by atoms with E-state index < -0.39 is 0 Å². The maximum Gasteiger partial charge on any atom is 0.0905 e. The van der Waals surface area contributed by atoms with E-state index in [2.05, 4.69) is 39.2 Å². The first-order valence-electron chi connectivity index (χ1n) is 19.4. The molecule has 0 fully saturated rings. The van der Waals surface area contributed by atoms with Crippen LogP contribution in [0.3, 0.4) is 0 Å². The smallest absolute Gasteiger partial charge is 0.0905 e. The van der Waals surface area contributed by atoms with Gasteiger partial charge in [0.25, 0.3) is 0 Å². The van der Waals surface area contributed by atoms with Crippen molar-refractivity contribution in [2.45, 2.75) is 169 Å². The van der Waals surface area contributed by atoms with Crippen LogP contribution in [0, 0.1) is 5.92 Å². The zero-order valence-electron chi connectivity index (χ0n) is 30.5. The molecule has 5 nitrogen and oxygen atoms in total. The number of ether oxygens (including phenoxy) is 4. The van der Waals surface area contributed by atoms with Crippen molar-refractivity contribution >= 4 is 0 Å². The Balaban J connectivity index is 4.16. The average Bonchev–Trinajstić information content (AvgIpc) is 3.03. The van der Waals surface area contributed by atoms with Crippen molar-refractivity contribution in [2.24, 2.45) is 5.92 Å². The molecule has 1 atom stereocenters. The third-order valence-electron chi connectivity index (χ3n) is 8.57. The predicted octanol–water partition coefficient (Wildman–Crippen LogP) is 11.1. The van der Waals surface area contributed by atoms with E-state index in [9.17, 15) is 0 Å². The molecule has 0 bridgehead atoms. The molecule has 0 amide bonds. The maximum absolute atomic E-state index is 6.25. The molecule has 0 N–H and O–H groups in total. The van der Waals surface area contributed by atoms with E-state index in [-0.39, 0.29) is 0 Å². The molecule has 0 radical (unpaired) electrons. The molecule has 1 unspecified atom stereocenters. The van der Waals surface area contributed by atoms with Gasteiger partial charge < -0.3 is 23.8 Å². The molecule has 0 aromatic carbocycles. The quantitative estimate of drug-likeness (QED) is 0.0504. The molecule has 0 spiro atoms. The first-order valence-corrected chi connectivity index (χ1v) is 19.4. The van der Waals surface area contributed by atoms with Crippen molar-refractivity contribution < 1.29 is 18.9 Å². The molecule has 5 heteroatoms. The van der Waals surface area contributed by atoms with Gasteiger partial charge >= 0.3 is 0 Å². The van der Waals surface area contributed by atoms with Gasteiger partial charge in [0.15, 0.2) is 0 Å². The van der Waals surface area contributed by atoms with Crippen LogP contribution in [-0.2, 0) is 18.9 Å². The van der Waals surface area contributed by atoms with E-state index in [1.807, 2.05) is 0 Å². The number of nitrogens with zero attached hydrogens (tertiary/aromatic N) is 1. The van der Waals surface area contributed by atoms with Crippen LogP contribution < -0.4 is 0 Å². The minimum atomic E-state index is 0.657. The fourth-order valence-corrected chi connectivity index (χ4v) is 5.70. The zero-order chi connectivity index (χ0) is 32.2. The Kier molecular flexibility index (Phi) is 36.3. The van der Waals surface area contributed by atoms with Gasteiger partial charge in [-0.05, 0) is 64.0 Å². The molecule has 0 saturated carbocycles. The molecule has 0 heterocycles. The topological polar surface area (TPSA) is 40.2 Å². The lowest BCUT2D eigenvalue weighted by atomic mass is 9.95. The molecule has 0 saturated heterocycles. The summed E-state index contributed by atoms with van der Waals surface area (Å²) in [6.45, 7) is 22.0. The first kappa shape index (κ1) is 43.4. The van der Waals surface area contributed by atoms with E-state index in [0.29, 0.717) is 32.3 Å². The number of unbranched alkanes of at least 4 members (excludes halogenated alkanes) is 13. The van der Waals surface area contributed by atoms with Crippen molar-refractivity contribution in [2.75, 3.05) is 65.9 Å². The summed E-state index contributed by atoms with van der Waals surface area (Å²) in [5.74, 6) is 1.72. The van der Waals surface area contributed by atoms with Gasteiger partial charge in [0.2, 0.25) is 0 Å². The highest BCUT2D eigenvalue weighted by Gasteiger charge is 2.11. The number of rotatable bonds is 38. The van der Waals surface area contributed by atoms with E-state index in [4.69, 9.17) is 18.9 Å². The van der Waals surface area contributed by atoms with E-state index >= 15 is 0 Å². The van der Waals surface area contributed by atoms with Gasteiger partial charge in [-0.1, -0.05) is 124 Å². The molecule has 0 aromatic rings. The lowest BCUT2D eigenvalue weighted by Crippen LogP contribution is -2.28. The summed E-state index contributed by atoms with van der Waals surface area (Å²) in [5.41, 5.74) is 0. The fraction of sp³-hybridized carbons (Fsp3) is 0.949. The largest absolute Gasteiger partial charge is 0.498 e. The van der Waals surface area contributed by atoms with Crippen LogP contribution in [0.15, 0.2) is 12.3 Å². The lowest BCUT2D eigenvalue weighted by molar-refractivity contribution is 0.0131. The Hall–Kier alpha value is -0.620. The van der Waals surface area contributed by atoms with E-state index in [0.717, 1.165) is 51.4 Å². The van der Waals surface area contributed by atoms with E-state index in [1.165, 1.54) is 135 Å². The lowest BCUT2D eigenvalue weighted by Gasteiger charge is -2.22. The third kappa shape index (κ3) is 32.8. The summed E-state index contributed by atoms with van der Waals surface area (Å²) in [5, 5.41) is 0. The molecule has 0 aliphatic rings. The number of allylic oxidation sites excluding steroid dienone is 1. The van der Waals surface area contributed by atoms with Gasteiger partial charge in [-0.25, -0.2) is 0 Å². The van der Waals surface area contributed by atoms with Crippen LogP contribution in [0.5, 0.6) is 0 Å². The van der Waals surface area contributed by atoms with Gasteiger partial charge in [-0.2, -0.15) is 0 Å². The molecule has 0 aliphatic heterocycles. The van der Waals surface area contributed by atoms with Gasteiger partial charge in [-0.15, -0.1) is 0 Å². The summed E-state index contributed by atoms with van der Waals surface area (Å²) in [7, 11) is 0. The molecule has 0 aromatic heterocycles. The molecular formula is C39H79NO4. The SMILES string of the molecule is C=C(CCCCCN(CCCCCC)CCCOCCOCCOCCC)OCC(CCCCCC)CCCCCCCC. The van der Waals surface area contributed by atoms with Gasteiger partial charge in [0.05, 0.1) is 38.8 Å². The van der Waals surface area contributed by atoms with Crippen LogP contribution in [-0.4, -0.2) is 70.8 Å². The minimum absolute atomic E-state index is 0.657. The Morgan fingerprint density at radius 1 is 0.477 bits per heavy atom. The number of hydrogen-bond donors (Lipinski definition) is 0. The third-order valence-corrected chi connectivity index (χ3v) is 8.57. The summed E-state index contributed by atoms with van der Waals surface area (Å²) < 4.78 is 23.1. The standard InChI is InChI=1S/C39H79NO4/c1-6-10-13-16-17-21-27-39(26-20-14-11-7-2)37-44-38(5)25-19-18-23-29-40(28-22-15-12-8-3)30-24-32-42-34-36-43-35-33-41-31-9-4/h39H,5-37H2,1-4H3. The van der Waals surface area contributed by atoms with Gasteiger partial charge in [-0.3, -0.25) is 0 Å². The second-order valence-electron chi connectivity index (χ2n) is 13.0. The van der Waals surface area contributed by atoms with Crippen LogP contribution in [0.4, 0.5) is 0 Å². The maximum atomic E-state index is 6.25. The van der Waals surface area contributed by atoms with Crippen molar-refractivity contribution in [3.63, 3.8) is 0 Å². The second-order valence-corrected chi connectivity index (χ2v) is 13.0. The van der Waals surface area contributed by atoms with Crippen LogP contribution in [0.25, 0.3) is 0 Å². The monoisotopic (exact) mass is 626 g/mol. The molecule has 0 rings (SSSR count). The van der Waals surface area contributed by atoms with Crippen LogP contribution in [0.2, 0.25) is 0 Å². The van der Waals surface area contributed by atoms with Crippen molar-refractivity contribution in [1.29, 1.82) is 0 Å². The zero-order valence-corrected chi connectivity index (χ0v) is 30.5. The molecule has 0 aliphatic carbocycles. The molecule has 44 heavy (non-hydrogen) atoms. The van der Waals surface area contributed by atoms with Crippen molar-refractivity contribution in [1.82, 2.24) is 4.90 Å². The van der Waals surface area contributed by atoms with Crippen molar-refractivity contribution in [3.05, 3.63) is 12.3 Å². The van der Waals surface area contributed by atoms with Gasteiger partial charge in [0, 0.05) is 26.2 Å². The highest BCUT2D eigenvalue weighted by atomic mass is 16.5. The van der Waals surface area contributed by atoms with Crippen LogP contribution >= 0.6 is 0 Å². The minimum Gasteiger partial charge on any atom is -0.498 e. The average molecular weight is 626 g/mol. The summed E-state index contributed by atoms with van der Waals surface area (Å²) >= 11 is 0. The summed E-state index contributed by atoms with van der Waals surface area (Å²) in [4.78, 5) is 2.66. The Bertz CT molecular complexity index is 558. The van der Waals surface area contributed by atoms with E-state index in [1.54, 1.807) is 0 Å². The Labute approximate surface area is 276 Å². The number of hydrogen-bond acceptors (Lipinski definition) is 5. The van der Waals surface area contributed by atoms with Crippen LogP contribution in [0.1, 0.15) is 169 Å². The second kappa shape index (κ2) is 36.8. The van der Waals surface area contributed by atoms with Gasteiger partial charge in [0.1, 0.15) is 0 Å². The summed E-state index contributed by atoms with van der Waals surface area (Å²) in [6.07, 6.45) is 28.5. The highest BCUT2D eigenvalue weighted by molar-refractivity contribution is 4.82. The normalized spacial score (nSPS) is 12.3. The van der Waals surface area contributed by atoms with Crippen molar-refractivity contribution in [3.8, 4) is 0 Å². The Morgan fingerprint density at radius 2 is 0.932 bits per heavy atom. The first-order chi connectivity index (χ1) is 21.7. The highest BCUT2D eigenvalue weighted by Crippen LogP contribution is 2.21. The summed E-state index contributed by atoms with van der Waals surface area (Å²) in [6, 6.07) is 0. The fourth-order valence-electron chi connectivity index (χ4n) is 5.70. The molecular weight excluding hydrogens is 546 g/mol. The molecule has 264 valence electrons. The Morgan fingerprint density at radius 3 is 1.52 bits per heavy atom.